The van der Waals surface area contributed by atoms with Crippen molar-refractivity contribution in [2.24, 2.45) is 0 Å². The van der Waals surface area contributed by atoms with Crippen LogP contribution in [-0.4, -0.2) is 37.7 Å². The number of sulfonamides is 1. The predicted molar refractivity (Wildman–Crippen MR) is 79.5 cm³/mol. The average molecular weight is 313 g/mol. The molecule has 2 fully saturated rings. The molecule has 0 aromatic carbocycles. The van der Waals surface area contributed by atoms with Crippen molar-refractivity contribution in [3.8, 4) is 0 Å². The van der Waals surface area contributed by atoms with Crippen LogP contribution in [0.1, 0.15) is 49.7 Å². The molecule has 0 amide bonds. The quantitative estimate of drug-likeness (QED) is 0.857. The van der Waals surface area contributed by atoms with E-state index in [1.807, 2.05) is 19.1 Å². The van der Waals surface area contributed by atoms with Gasteiger partial charge in [-0.05, 0) is 51.2 Å². The third-order valence-electron chi connectivity index (χ3n) is 4.32. The van der Waals surface area contributed by atoms with E-state index in [1.54, 1.807) is 4.31 Å². The van der Waals surface area contributed by atoms with Gasteiger partial charge in [0.05, 0.1) is 17.9 Å². The van der Waals surface area contributed by atoms with Gasteiger partial charge in [-0.15, -0.1) is 0 Å². The van der Waals surface area contributed by atoms with Crippen molar-refractivity contribution in [3.05, 3.63) is 23.7 Å². The van der Waals surface area contributed by atoms with Gasteiger partial charge in [-0.3, -0.25) is 0 Å². The van der Waals surface area contributed by atoms with Gasteiger partial charge in [-0.2, -0.15) is 4.31 Å². The van der Waals surface area contributed by atoms with Crippen molar-refractivity contribution in [1.29, 1.82) is 0 Å². The van der Waals surface area contributed by atoms with Gasteiger partial charge in [-0.25, -0.2) is 8.42 Å². The van der Waals surface area contributed by atoms with Crippen LogP contribution in [-0.2, 0) is 14.8 Å². The summed E-state index contributed by atoms with van der Waals surface area (Å²) in [4.78, 5) is 0. The van der Waals surface area contributed by atoms with Crippen LogP contribution in [0.5, 0.6) is 0 Å². The molecule has 0 aliphatic carbocycles. The SMILES string of the molecule is Cc1ccc([C@H]2CCCN2S(=O)(=O)C[C@@H]2CCCCO2)o1. The lowest BCUT2D eigenvalue weighted by atomic mass is 10.1. The van der Waals surface area contributed by atoms with Crippen LogP contribution in [0.4, 0.5) is 0 Å². The van der Waals surface area contributed by atoms with E-state index in [4.69, 9.17) is 9.15 Å². The van der Waals surface area contributed by atoms with E-state index in [9.17, 15) is 8.42 Å². The maximum atomic E-state index is 12.7. The van der Waals surface area contributed by atoms with Gasteiger partial charge < -0.3 is 9.15 Å². The van der Waals surface area contributed by atoms with Gasteiger partial charge in [0.15, 0.2) is 0 Å². The molecule has 0 N–H and O–H groups in total. The number of ether oxygens (including phenoxy) is 1. The van der Waals surface area contributed by atoms with E-state index in [-0.39, 0.29) is 17.9 Å². The molecule has 0 spiro atoms. The van der Waals surface area contributed by atoms with E-state index >= 15 is 0 Å². The number of hydrogen-bond donors (Lipinski definition) is 0. The number of aryl methyl sites for hydroxylation is 1. The lowest BCUT2D eigenvalue weighted by Crippen LogP contribution is -2.38. The molecule has 2 aliphatic heterocycles. The summed E-state index contributed by atoms with van der Waals surface area (Å²) in [5.74, 6) is 1.69. The average Bonchev–Trinajstić information content (AvgIpc) is 3.07. The molecule has 21 heavy (non-hydrogen) atoms. The molecule has 0 unspecified atom stereocenters. The molecule has 0 bridgehead atoms. The second-order valence-corrected chi connectivity index (χ2v) is 7.95. The number of nitrogens with zero attached hydrogens (tertiary/aromatic N) is 1. The van der Waals surface area contributed by atoms with Crippen molar-refractivity contribution >= 4 is 10.0 Å². The standard InChI is InChI=1S/C15H23NO4S/c1-12-7-8-15(20-12)14-6-4-9-16(14)21(17,18)11-13-5-2-3-10-19-13/h7-8,13-14H,2-6,9-11H2,1H3/t13-,14+/m0/s1. The molecule has 3 rings (SSSR count). The molecule has 2 saturated heterocycles. The summed E-state index contributed by atoms with van der Waals surface area (Å²) >= 11 is 0. The van der Waals surface area contributed by atoms with Crippen LogP contribution in [0.25, 0.3) is 0 Å². The van der Waals surface area contributed by atoms with Crippen molar-refractivity contribution in [3.63, 3.8) is 0 Å². The van der Waals surface area contributed by atoms with Crippen LogP contribution in [0.3, 0.4) is 0 Å². The lowest BCUT2D eigenvalue weighted by Gasteiger charge is -2.27. The summed E-state index contributed by atoms with van der Waals surface area (Å²) in [6.07, 6.45) is 4.50. The Balaban J connectivity index is 1.74. The van der Waals surface area contributed by atoms with Crippen LogP contribution < -0.4 is 0 Å². The highest BCUT2D eigenvalue weighted by Gasteiger charge is 2.38. The molecule has 2 atom stereocenters. The molecule has 1 aromatic rings. The van der Waals surface area contributed by atoms with E-state index in [1.165, 1.54) is 0 Å². The van der Waals surface area contributed by atoms with Gasteiger partial charge in [-0.1, -0.05) is 0 Å². The Bertz CT molecular complexity index is 574. The smallest absolute Gasteiger partial charge is 0.217 e. The Morgan fingerprint density at radius 3 is 2.76 bits per heavy atom. The Morgan fingerprint density at radius 2 is 2.10 bits per heavy atom. The minimum Gasteiger partial charge on any atom is -0.465 e. The fourth-order valence-electron chi connectivity index (χ4n) is 3.26. The molecule has 0 saturated carbocycles. The van der Waals surface area contributed by atoms with Crippen molar-refractivity contribution < 1.29 is 17.6 Å². The maximum absolute atomic E-state index is 12.7. The highest BCUT2D eigenvalue weighted by molar-refractivity contribution is 7.89. The first-order valence-corrected chi connectivity index (χ1v) is 9.34. The number of rotatable bonds is 4. The zero-order valence-corrected chi connectivity index (χ0v) is 13.3. The maximum Gasteiger partial charge on any atom is 0.217 e. The van der Waals surface area contributed by atoms with Crippen LogP contribution in [0, 0.1) is 6.92 Å². The van der Waals surface area contributed by atoms with Crippen molar-refractivity contribution in [1.82, 2.24) is 4.31 Å². The monoisotopic (exact) mass is 313 g/mol. The zero-order chi connectivity index (χ0) is 14.9. The van der Waals surface area contributed by atoms with Crippen molar-refractivity contribution in [2.45, 2.75) is 51.2 Å². The third kappa shape index (κ3) is 3.33. The summed E-state index contributed by atoms with van der Waals surface area (Å²) in [7, 11) is -3.30. The largest absolute Gasteiger partial charge is 0.465 e. The molecule has 3 heterocycles. The summed E-state index contributed by atoms with van der Waals surface area (Å²) in [5.41, 5.74) is 0. The second-order valence-electron chi connectivity index (χ2n) is 5.98. The first-order chi connectivity index (χ1) is 10.1. The summed E-state index contributed by atoms with van der Waals surface area (Å²) in [6.45, 7) is 3.15. The van der Waals surface area contributed by atoms with Gasteiger partial charge in [0.2, 0.25) is 10.0 Å². The molecule has 5 nitrogen and oxygen atoms in total. The lowest BCUT2D eigenvalue weighted by molar-refractivity contribution is 0.0298. The predicted octanol–water partition coefficient (Wildman–Crippen LogP) is 2.62. The van der Waals surface area contributed by atoms with Crippen LogP contribution >= 0.6 is 0 Å². The van der Waals surface area contributed by atoms with Gasteiger partial charge in [0.25, 0.3) is 0 Å². The van der Waals surface area contributed by atoms with Gasteiger partial charge in [0.1, 0.15) is 11.5 Å². The first kappa shape index (κ1) is 15.1. The van der Waals surface area contributed by atoms with E-state index in [0.29, 0.717) is 13.2 Å². The number of hydrogen-bond acceptors (Lipinski definition) is 4. The first-order valence-electron chi connectivity index (χ1n) is 7.74. The molecule has 6 heteroatoms. The third-order valence-corrected chi connectivity index (χ3v) is 6.27. The van der Waals surface area contributed by atoms with Gasteiger partial charge in [0, 0.05) is 13.2 Å². The van der Waals surface area contributed by atoms with Crippen molar-refractivity contribution in [2.75, 3.05) is 18.9 Å². The fourth-order valence-corrected chi connectivity index (χ4v) is 5.19. The van der Waals surface area contributed by atoms with Gasteiger partial charge >= 0.3 is 0 Å². The van der Waals surface area contributed by atoms with E-state index < -0.39 is 10.0 Å². The zero-order valence-electron chi connectivity index (χ0n) is 12.5. The summed E-state index contributed by atoms with van der Waals surface area (Å²) in [5, 5.41) is 0. The Labute approximate surface area is 126 Å². The highest BCUT2D eigenvalue weighted by atomic mass is 32.2. The molecule has 1 aromatic heterocycles. The molecule has 118 valence electrons. The summed E-state index contributed by atoms with van der Waals surface area (Å²) < 4.78 is 38.2. The van der Waals surface area contributed by atoms with Crippen LogP contribution in [0.15, 0.2) is 16.5 Å². The number of furan rings is 1. The normalized spacial score (nSPS) is 28.0. The molecule has 2 aliphatic rings. The Morgan fingerprint density at radius 1 is 1.24 bits per heavy atom. The van der Waals surface area contributed by atoms with E-state index in [0.717, 1.165) is 43.6 Å². The molecular formula is C15H23NO4S. The summed E-state index contributed by atoms with van der Waals surface area (Å²) in [6, 6.07) is 3.64. The minimum absolute atomic E-state index is 0.100. The van der Waals surface area contributed by atoms with Crippen LogP contribution in [0.2, 0.25) is 0 Å². The fraction of sp³-hybridized carbons (Fsp3) is 0.733. The second kappa shape index (κ2) is 6.10. The molecule has 0 radical (unpaired) electrons. The molecular weight excluding hydrogens is 290 g/mol. The topological polar surface area (TPSA) is 59.8 Å². The Kier molecular flexibility index (Phi) is 4.38. The Hall–Kier alpha value is -0.850. The highest BCUT2D eigenvalue weighted by Crippen LogP contribution is 2.35. The van der Waals surface area contributed by atoms with E-state index in [2.05, 4.69) is 0 Å². The minimum atomic E-state index is -3.30.